The van der Waals surface area contributed by atoms with Gasteiger partial charge in [0.2, 0.25) is 5.69 Å². The van der Waals surface area contributed by atoms with E-state index >= 15 is 0 Å². The lowest BCUT2D eigenvalue weighted by Gasteiger charge is -2.15. The van der Waals surface area contributed by atoms with E-state index in [2.05, 4.69) is 6.07 Å². The first-order chi connectivity index (χ1) is 6.88. The van der Waals surface area contributed by atoms with Crippen molar-refractivity contribution >= 4 is 11.4 Å². The minimum absolute atomic E-state index is 0.428. The Bertz CT molecular complexity index is 409. The Hall–Kier alpha value is -1.31. The van der Waals surface area contributed by atoms with Crippen LogP contribution in [0.1, 0.15) is 37.2 Å². The first-order valence-electron chi connectivity index (χ1n) is 5.30. The summed E-state index contributed by atoms with van der Waals surface area (Å²) in [5.41, 5.74) is 3.23. The molecule has 1 atom stereocenters. The summed E-state index contributed by atoms with van der Waals surface area (Å²) in [6, 6.07) is 8.02. The van der Waals surface area contributed by atoms with E-state index in [1.165, 1.54) is 23.1 Å². The molecule has 0 aromatic heterocycles. The third-order valence-electron chi connectivity index (χ3n) is 3.37. The zero-order valence-corrected chi connectivity index (χ0v) is 8.07. The van der Waals surface area contributed by atoms with E-state index in [9.17, 15) is 5.21 Å². The van der Waals surface area contributed by atoms with Gasteiger partial charge in [-0.25, -0.2) is 0 Å². The molecule has 1 unspecified atom stereocenters. The van der Waals surface area contributed by atoms with Crippen LogP contribution in [-0.4, -0.2) is 10.5 Å². The maximum absolute atomic E-state index is 11.9. The fraction of sp³-hybridized carbons (Fsp3) is 0.417. The summed E-state index contributed by atoms with van der Waals surface area (Å²) in [6.45, 7) is 0. The first-order valence-corrected chi connectivity index (χ1v) is 5.30. The summed E-state index contributed by atoms with van der Waals surface area (Å²) in [5, 5.41) is 11.9. The second-order valence-electron chi connectivity index (χ2n) is 4.14. The third-order valence-corrected chi connectivity index (χ3v) is 3.37. The van der Waals surface area contributed by atoms with Gasteiger partial charge in [0.25, 0.3) is 0 Å². The van der Waals surface area contributed by atoms with Gasteiger partial charge < -0.3 is 5.21 Å². The number of fused-ring (bicyclic) bond motifs is 3. The molecule has 72 valence electrons. The van der Waals surface area contributed by atoms with E-state index in [-0.39, 0.29) is 0 Å². The van der Waals surface area contributed by atoms with Gasteiger partial charge in [-0.05, 0) is 12.8 Å². The Labute approximate surface area is 83.5 Å². The molecule has 0 amide bonds. The molecule has 14 heavy (non-hydrogen) atoms. The second-order valence-corrected chi connectivity index (χ2v) is 4.14. The van der Waals surface area contributed by atoms with Crippen LogP contribution in [-0.2, 0) is 0 Å². The summed E-state index contributed by atoms with van der Waals surface area (Å²) in [7, 11) is 0. The molecule has 0 radical (unpaired) electrons. The van der Waals surface area contributed by atoms with Crippen molar-refractivity contribution in [1.29, 1.82) is 0 Å². The SMILES string of the molecule is [O-][N+]1=C2CCCCC2c2ccccc21. The van der Waals surface area contributed by atoms with Gasteiger partial charge in [0, 0.05) is 18.1 Å². The fourth-order valence-corrected chi connectivity index (χ4v) is 2.70. The van der Waals surface area contributed by atoms with Crippen LogP contribution < -0.4 is 0 Å². The van der Waals surface area contributed by atoms with E-state index in [0.717, 1.165) is 24.2 Å². The molecular formula is C12H13NO. The van der Waals surface area contributed by atoms with Crippen LogP contribution in [0.2, 0.25) is 0 Å². The van der Waals surface area contributed by atoms with Crippen LogP contribution in [0.25, 0.3) is 0 Å². The molecule has 2 aliphatic rings. The Morgan fingerprint density at radius 2 is 2.07 bits per heavy atom. The van der Waals surface area contributed by atoms with Gasteiger partial charge in [-0.1, -0.05) is 24.6 Å². The normalized spacial score (nSPS) is 24.7. The van der Waals surface area contributed by atoms with E-state index in [1.807, 2.05) is 18.2 Å². The molecule has 0 bridgehead atoms. The maximum atomic E-state index is 11.9. The number of benzene rings is 1. The van der Waals surface area contributed by atoms with Crippen molar-refractivity contribution in [2.24, 2.45) is 0 Å². The average molecular weight is 187 g/mol. The monoisotopic (exact) mass is 187 g/mol. The predicted octanol–water partition coefficient (Wildman–Crippen LogP) is 2.94. The zero-order valence-electron chi connectivity index (χ0n) is 8.07. The molecule has 1 aliphatic heterocycles. The van der Waals surface area contributed by atoms with Crippen LogP contribution in [0.3, 0.4) is 0 Å². The highest BCUT2D eigenvalue weighted by molar-refractivity contribution is 5.92. The number of hydrogen-bond donors (Lipinski definition) is 0. The lowest BCUT2D eigenvalue weighted by Crippen LogP contribution is -2.17. The van der Waals surface area contributed by atoms with E-state index in [4.69, 9.17) is 0 Å². The van der Waals surface area contributed by atoms with Crippen molar-refractivity contribution in [2.75, 3.05) is 0 Å². The highest BCUT2D eigenvalue weighted by atomic mass is 16.5. The number of nitrogens with zero attached hydrogens (tertiary/aromatic N) is 1. The molecule has 1 fully saturated rings. The molecule has 1 aliphatic carbocycles. The molecular weight excluding hydrogens is 174 g/mol. The number of hydrogen-bond acceptors (Lipinski definition) is 1. The largest absolute Gasteiger partial charge is 0.618 e. The molecule has 0 spiro atoms. The standard InChI is InChI=1S/C12H13NO/c14-13-11-7-3-1-5-9(11)10-6-2-4-8-12(10)13/h1,3,5,7,10H,2,4,6,8H2. The average Bonchev–Trinajstić information content (AvgIpc) is 2.55. The summed E-state index contributed by atoms with van der Waals surface area (Å²) < 4.78 is 1.17. The highest BCUT2D eigenvalue weighted by Gasteiger charge is 2.37. The topological polar surface area (TPSA) is 26.1 Å². The summed E-state index contributed by atoms with van der Waals surface area (Å²) in [6.07, 6.45) is 4.59. The van der Waals surface area contributed by atoms with Crippen LogP contribution in [0, 0.1) is 5.21 Å². The minimum Gasteiger partial charge on any atom is -0.618 e. The van der Waals surface area contributed by atoms with Crippen LogP contribution in [0.5, 0.6) is 0 Å². The van der Waals surface area contributed by atoms with Crippen molar-refractivity contribution < 1.29 is 4.74 Å². The fourth-order valence-electron chi connectivity index (χ4n) is 2.70. The molecule has 2 heteroatoms. The smallest absolute Gasteiger partial charge is 0.220 e. The minimum atomic E-state index is 0.428. The Morgan fingerprint density at radius 3 is 3.00 bits per heavy atom. The molecule has 1 saturated carbocycles. The lowest BCUT2D eigenvalue weighted by atomic mass is 9.84. The molecule has 0 saturated heterocycles. The maximum Gasteiger partial charge on any atom is 0.220 e. The Kier molecular flexibility index (Phi) is 1.63. The second kappa shape index (κ2) is 2.84. The van der Waals surface area contributed by atoms with E-state index in [1.54, 1.807) is 0 Å². The summed E-state index contributed by atoms with van der Waals surface area (Å²) in [4.78, 5) is 0. The quantitative estimate of drug-likeness (QED) is 0.453. The van der Waals surface area contributed by atoms with Gasteiger partial charge in [0.1, 0.15) is 0 Å². The first kappa shape index (κ1) is 8.04. The van der Waals surface area contributed by atoms with Crippen molar-refractivity contribution in [1.82, 2.24) is 0 Å². The molecule has 3 rings (SSSR count). The van der Waals surface area contributed by atoms with Crippen molar-refractivity contribution in [3.05, 3.63) is 35.0 Å². The predicted molar refractivity (Wildman–Crippen MR) is 55.9 cm³/mol. The van der Waals surface area contributed by atoms with Gasteiger partial charge in [-0.2, -0.15) is 4.74 Å². The van der Waals surface area contributed by atoms with Gasteiger partial charge >= 0.3 is 0 Å². The van der Waals surface area contributed by atoms with Gasteiger partial charge in [-0.15, -0.1) is 0 Å². The zero-order chi connectivity index (χ0) is 9.54. The van der Waals surface area contributed by atoms with Crippen molar-refractivity contribution in [3.63, 3.8) is 0 Å². The van der Waals surface area contributed by atoms with Crippen molar-refractivity contribution in [2.45, 2.75) is 31.6 Å². The number of para-hydroxylation sites is 1. The molecule has 2 nitrogen and oxygen atoms in total. The van der Waals surface area contributed by atoms with Gasteiger partial charge in [0.15, 0.2) is 5.71 Å². The van der Waals surface area contributed by atoms with E-state index in [0.29, 0.717) is 5.92 Å². The molecule has 1 aromatic rings. The van der Waals surface area contributed by atoms with E-state index < -0.39 is 0 Å². The van der Waals surface area contributed by atoms with Crippen LogP contribution >= 0.6 is 0 Å². The van der Waals surface area contributed by atoms with Crippen LogP contribution in [0.4, 0.5) is 5.69 Å². The number of rotatable bonds is 0. The molecule has 0 N–H and O–H groups in total. The lowest BCUT2D eigenvalue weighted by molar-refractivity contribution is -0.359. The highest BCUT2D eigenvalue weighted by Crippen LogP contribution is 2.41. The van der Waals surface area contributed by atoms with Crippen LogP contribution in [0.15, 0.2) is 24.3 Å². The Morgan fingerprint density at radius 1 is 1.21 bits per heavy atom. The summed E-state index contributed by atoms with van der Waals surface area (Å²) in [5.74, 6) is 0.428. The summed E-state index contributed by atoms with van der Waals surface area (Å²) >= 11 is 0. The molecule has 1 aromatic carbocycles. The third kappa shape index (κ3) is 0.939. The van der Waals surface area contributed by atoms with Crippen molar-refractivity contribution in [3.8, 4) is 0 Å². The van der Waals surface area contributed by atoms with Gasteiger partial charge in [0.05, 0.1) is 5.92 Å². The molecule has 1 heterocycles. The van der Waals surface area contributed by atoms with Gasteiger partial charge in [-0.3, -0.25) is 0 Å². The Balaban J connectivity index is 2.17.